The number of nitrogens with one attached hydrogen (secondary N) is 1. The minimum Gasteiger partial charge on any atom is -0.338 e. The largest absolute Gasteiger partial charge is 0.338 e. The average molecular weight is 349 g/mol. The number of fused-ring (bicyclic) bond motifs is 1. The lowest BCUT2D eigenvalue weighted by molar-refractivity contribution is 1.25. The fourth-order valence-corrected chi connectivity index (χ4v) is 2.54. The molecule has 2 heterocycles. The summed E-state index contributed by atoms with van der Waals surface area (Å²) in [5, 5.41) is 4.91. The van der Waals surface area contributed by atoms with Crippen molar-refractivity contribution in [1.82, 2.24) is 9.97 Å². The molecule has 5 heteroatoms. The third kappa shape index (κ3) is 2.37. The van der Waals surface area contributed by atoms with Crippen molar-refractivity contribution in [3.63, 3.8) is 0 Å². The van der Waals surface area contributed by atoms with Crippen LogP contribution in [0.25, 0.3) is 10.9 Å². The monoisotopic (exact) mass is 347 g/mol. The van der Waals surface area contributed by atoms with E-state index in [-0.39, 0.29) is 0 Å². The molecule has 0 aliphatic heterocycles. The van der Waals surface area contributed by atoms with Crippen molar-refractivity contribution in [3.8, 4) is 0 Å². The molecule has 2 aromatic heterocycles. The molecule has 3 aromatic rings. The molecule has 1 aromatic carbocycles. The van der Waals surface area contributed by atoms with Crippen molar-refractivity contribution in [2.45, 2.75) is 6.92 Å². The van der Waals surface area contributed by atoms with Crippen molar-refractivity contribution >= 4 is 49.9 Å². The van der Waals surface area contributed by atoms with Gasteiger partial charge in [-0.25, -0.2) is 4.98 Å². The van der Waals surface area contributed by atoms with Crippen LogP contribution in [-0.4, -0.2) is 9.97 Å². The molecular formula is C15H11BrClN3. The van der Waals surface area contributed by atoms with E-state index in [4.69, 9.17) is 11.6 Å². The Kier molecular flexibility index (Phi) is 3.59. The fraction of sp³-hybridized carbons (Fsp3) is 0.0667. The predicted octanol–water partition coefficient (Wildman–Crippen LogP) is 5.10. The van der Waals surface area contributed by atoms with Crippen LogP contribution in [0.15, 0.2) is 47.2 Å². The van der Waals surface area contributed by atoms with Gasteiger partial charge in [0.1, 0.15) is 5.82 Å². The number of nitrogens with zero attached hydrogens (tertiary/aromatic N) is 2. The van der Waals surface area contributed by atoms with E-state index in [2.05, 4.69) is 31.2 Å². The van der Waals surface area contributed by atoms with Crippen LogP contribution in [0.2, 0.25) is 5.02 Å². The number of aryl methyl sites for hydroxylation is 1. The third-order valence-electron chi connectivity index (χ3n) is 3.05. The van der Waals surface area contributed by atoms with Crippen LogP contribution in [0, 0.1) is 6.92 Å². The topological polar surface area (TPSA) is 37.8 Å². The molecule has 20 heavy (non-hydrogen) atoms. The number of rotatable bonds is 2. The molecule has 3 nitrogen and oxygen atoms in total. The minimum atomic E-state index is 0.690. The predicted molar refractivity (Wildman–Crippen MR) is 86.7 cm³/mol. The summed E-state index contributed by atoms with van der Waals surface area (Å²) in [7, 11) is 0. The van der Waals surface area contributed by atoms with Crippen molar-refractivity contribution in [2.24, 2.45) is 0 Å². The second-order valence-corrected chi connectivity index (χ2v) is 5.61. The molecule has 0 spiro atoms. The summed E-state index contributed by atoms with van der Waals surface area (Å²) in [6.45, 7) is 2.02. The fourth-order valence-electron chi connectivity index (χ4n) is 1.99. The summed E-state index contributed by atoms with van der Waals surface area (Å²) in [4.78, 5) is 8.75. The van der Waals surface area contributed by atoms with Gasteiger partial charge >= 0.3 is 0 Å². The molecule has 0 radical (unpaired) electrons. The number of benzene rings is 1. The van der Waals surface area contributed by atoms with Gasteiger partial charge in [0, 0.05) is 17.8 Å². The van der Waals surface area contributed by atoms with Crippen LogP contribution < -0.4 is 5.32 Å². The first-order valence-electron chi connectivity index (χ1n) is 6.08. The van der Waals surface area contributed by atoms with Crippen LogP contribution in [0.4, 0.5) is 11.5 Å². The summed E-state index contributed by atoms with van der Waals surface area (Å²) in [6, 6.07) is 9.55. The normalized spacial score (nSPS) is 10.8. The Labute approximate surface area is 130 Å². The van der Waals surface area contributed by atoms with E-state index >= 15 is 0 Å². The van der Waals surface area contributed by atoms with Gasteiger partial charge in [0.15, 0.2) is 0 Å². The summed E-state index contributed by atoms with van der Waals surface area (Å²) in [5.74, 6) is 0.763. The smallest absolute Gasteiger partial charge is 0.144 e. The van der Waals surface area contributed by atoms with Crippen LogP contribution >= 0.6 is 27.5 Å². The lowest BCUT2D eigenvalue weighted by Crippen LogP contribution is -1.97. The Bertz CT molecular complexity index is 789. The summed E-state index contributed by atoms with van der Waals surface area (Å²) < 4.78 is 0.944. The highest BCUT2D eigenvalue weighted by molar-refractivity contribution is 9.10. The van der Waals surface area contributed by atoms with Crippen molar-refractivity contribution < 1.29 is 0 Å². The van der Waals surface area contributed by atoms with Crippen LogP contribution in [0.3, 0.4) is 0 Å². The van der Waals surface area contributed by atoms with Crippen LogP contribution in [0.5, 0.6) is 0 Å². The highest BCUT2D eigenvalue weighted by Gasteiger charge is 2.09. The Morgan fingerprint density at radius 2 is 1.95 bits per heavy atom. The van der Waals surface area contributed by atoms with E-state index in [1.54, 1.807) is 12.4 Å². The van der Waals surface area contributed by atoms with E-state index in [1.807, 2.05) is 37.3 Å². The number of hydrogen-bond donors (Lipinski definition) is 1. The average Bonchev–Trinajstić information content (AvgIpc) is 2.47. The molecular weight excluding hydrogens is 338 g/mol. The Morgan fingerprint density at radius 3 is 2.80 bits per heavy atom. The molecule has 100 valence electrons. The quantitative estimate of drug-likeness (QED) is 0.700. The highest BCUT2D eigenvalue weighted by Crippen LogP contribution is 2.32. The Balaban J connectivity index is 2.12. The molecule has 0 saturated carbocycles. The van der Waals surface area contributed by atoms with Crippen molar-refractivity contribution in [2.75, 3.05) is 5.32 Å². The van der Waals surface area contributed by atoms with E-state index in [1.165, 1.54) is 0 Å². The van der Waals surface area contributed by atoms with Gasteiger partial charge in [-0.15, -0.1) is 0 Å². The zero-order chi connectivity index (χ0) is 14.1. The molecule has 0 atom stereocenters. The molecule has 3 rings (SSSR count). The zero-order valence-corrected chi connectivity index (χ0v) is 13.0. The number of anilines is 2. The van der Waals surface area contributed by atoms with Gasteiger partial charge in [-0.3, -0.25) is 4.98 Å². The van der Waals surface area contributed by atoms with Gasteiger partial charge < -0.3 is 5.32 Å². The van der Waals surface area contributed by atoms with Crippen molar-refractivity contribution in [3.05, 3.63) is 57.8 Å². The second kappa shape index (κ2) is 5.38. The highest BCUT2D eigenvalue weighted by atomic mass is 79.9. The lowest BCUT2D eigenvalue weighted by atomic mass is 10.2. The summed E-state index contributed by atoms with van der Waals surface area (Å²) in [6.07, 6.45) is 3.52. The van der Waals surface area contributed by atoms with Gasteiger partial charge in [-0.05, 0) is 58.7 Å². The van der Waals surface area contributed by atoms with E-state index in [0.29, 0.717) is 5.02 Å². The third-order valence-corrected chi connectivity index (χ3v) is 4.38. The lowest BCUT2D eigenvalue weighted by Gasteiger charge is -2.11. The maximum absolute atomic E-state index is 6.20. The Hall–Kier alpha value is -1.65. The molecule has 0 aliphatic carbocycles. The number of hydrogen-bond acceptors (Lipinski definition) is 3. The minimum absolute atomic E-state index is 0.690. The summed E-state index contributed by atoms with van der Waals surface area (Å²) >= 11 is 9.74. The molecule has 0 bridgehead atoms. The zero-order valence-electron chi connectivity index (χ0n) is 10.7. The number of aromatic nitrogens is 2. The van der Waals surface area contributed by atoms with Gasteiger partial charge in [0.25, 0.3) is 0 Å². The van der Waals surface area contributed by atoms with Crippen LogP contribution in [0.1, 0.15) is 5.56 Å². The maximum Gasteiger partial charge on any atom is 0.144 e. The first kappa shape index (κ1) is 13.3. The van der Waals surface area contributed by atoms with Gasteiger partial charge in [0.05, 0.1) is 20.7 Å². The molecule has 0 saturated heterocycles. The SMILES string of the molecule is Cc1ccnc(Nc2ccc(Cl)c3cccnc23)c1Br. The van der Waals surface area contributed by atoms with Gasteiger partial charge in [-0.1, -0.05) is 11.6 Å². The first-order chi connectivity index (χ1) is 9.66. The molecule has 0 amide bonds. The standard InChI is InChI=1S/C15H11BrClN3/c1-9-6-8-19-15(13(9)16)20-12-5-4-11(17)10-3-2-7-18-14(10)12/h2-8H,1H3,(H,19,20). The van der Waals surface area contributed by atoms with Crippen LogP contribution in [-0.2, 0) is 0 Å². The van der Waals surface area contributed by atoms with E-state index in [0.717, 1.165) is 32.4 Å². The molecule has 0 aliphatic rings. The molecule has 1 N–H and O–H groups in total. The van der Waals surface area contributed by atoms with Crippen molar-refractivity contribution in [1.29, 1.82) is 0 Å². The number of pyridine rings is 2. The van der Waals surface area contributed by atoms with Gasteiger partial charge in [-0.2, -0.15) is 0 Å². The molecule has 0 fully saturated rings. The molecule has 0 unspecified atom stereocenters. The summed E-state index contributed by atoms with van der Waals surface area (Å²) in [5.41, 5.74) is 2.83. The number of halogens is 2. The maximum atomic E-state index is 6.20. The second-order valence-electron chi connectivity index (χ2n) is 4.41. The first-order valence-corrected chi connectivity index (χ1v) is 7.25. The van der Waals surface area contributed by atoms with E-state index in [9.17, 15) is 0 Å². The van der Waals surface area contributed by atoms with E-state index < -0.39 is 0 Å². The Morgan fingerprint density at radius 1 is 1.10 bits per heavy atom. The van der Waals surface area contributed by atoms with Gasteiger partial charge in [0.2, 0.25) is 0 Å².